The van der Waals surface area contributed by atoms with Gasteiger partial charge < -0.3 is 13.7 Å². The van der Waals surface area contributed by atoms with E-state index in [0.717, 1.165) is 0 Å². The Morgan fingerprint density at radius 3 is 0.480 bits per heavy atom. The summed E-state index contributed by atoms with van der Waals surface area (Å²) < 4.78 is 177. The molecule has 1 radical (unpaired) electrons. The molecular formula is C3F9GdO9S3. The molecule has 0 aromatic heterocycles. The topological polar surface area (TPSA) is 172 Å². The van der Waals surface area contributed by atoms with Gasteiger partial charge >= 0.3 is 56.5 Å². The molecule has 155 valence electrons. The second kappa shape index (κ2) is 10.1. The van der Waals surface area contributed by atoms with Crippen molar-refractivity contribution in [2.45, 2.75) is 16.5 Å². The van der Waals surface area contributed by atoms with E-state index in [1.54, 1.807) is 0 Å². The van der Waals surface area contributed by atoms with Crippen molar-refractivity contribution in [2.75, 3.05) is 0 Å². The van der Waals surface area contributed by atoms with Crippen molar-refractivity contribution in [1.82, 2.24) is 0 Å². The van der Waals surface area contributed by atoms with Gasteiger partial charge in [0.15, 0.2) is 30.4 Å². The number of halogens is 9. The third-order valence-corrected chi connectivity index (χ3v) is 2.55. The van der Waals surface area contributed by atoms with Crippen molar-refractivity contribution in [1.29, 1.82) is 0 Å². The van der Waals surface area contributed by atoms with Crippen LogP contribution in [0.1, 0.15) is 0 Å². The monoisotopic (exact) mass is 605 g/mol. The van der Waals surface area contributed by atoms with Crippen LogP contribution in [0.2, 0.25) is 0 Å². The molecule has 0 aliphatic carbocycles. The van der Waals surface area contributed by atoms with Crippen molar-refractivity contribution >= 4 is 30.4 Å². The van der Waals surface area contributed by atoms with Crippen LogP contribution in [0.25, 0.3) is 0 Å². The molecule has 22 heteroatoms. The fourth-order valence-electron chi connectivity index (χ4n) is 0. The molecule has 0 bridgehead atoms. The molecule has 0 rings (SSSR count). The molecule has 0 fully saturated rings. The van der Waals surface area contributed by atoms with Crippen molar-refractivity contribution < 1.29 is 118 Å². The van der Waals surface area contributed by atoms with Crippen LogP contribution in [0.15, 0.2) is 0 Å². The molecule has 0 unspecified atom stereocenters. The summed E-state index contributed by atoms with van der Waals surface area (Å²) in [6, 6.07) is 0. The van der Waals surface area contributed by atoms with Crippen LogP contribution >= 0.6 is 0 Å². The van der Waals surface area contributed by atoms with E-state index < -0.39 is 46.9 Å². The van der Waals surface area contributed by atoms with E-state index in [1.807, 2.05) is 0 Å². The van der Waals surface area contributed by atoms with Crippen LogP contribution in [0.3, 0.4) is 0 Å². The Kier molecular flexibility index (Phi) is 13.4. The summed E-state index contributed by atoms with van der Waals surface area (Å²) in [6.45, 7) is 0. The van der Waals surface area contributed by atoms with Gasteiger partial charge in [-0.25, -0.2) is 25.3 Å². The molecule has 0 saturated carbocycles. The summed E-state index contributed by atoms with van der Waals surface area (Å²) in [5.41, 5.74) is -16.9. The van der Waals surface area contributed by atoms with E-state index in [4.69, 9.17) is 38.9 Å². The molecular weight excluding hydrogens is 604 g/mol. The van der Waals surface area contributed by atoms with Gasteiger partial charge in [-0.15, -0.1) is 0 Å². The summed E-state index contributed by atoms with van der Waals surface area (Å²) >= 11 is 0. The summed E-state index contributed by atoms with van der Waals surface area (Å²) in [5, 5.41) is 0. The van der Waals surface area contributed by atoms with Gasteiger partial charge in [-0.05, 0) is 0 Å². The van der Waals surface area contributed by atoms with Crippen LogP contribution in [0.4, 0.5) is 39.5 Å². The summed E-state index contributed by atoms with van der Waals surface area (Å²) in [4.78, 5) is 0. The quantitative estimate of drug-likeness (QED) is 0.212. The number of rotatable bonds is 0. The molecule has 0 atom stereocenters. The molecule has 0 spiro atoms. The average molecular weight is 604 g/mol. The molecule has 0 aromatic rings. The minimum absolute atomic E-state index is 0. The molecule has 0 aliphatic rings. The van der Waals surface area contributed by atoms with E-state index in [-0.39, 0.29) is 39.9 Å². The number of alkyl halides is 9. The second-order valence-corrected chi connectivity index (χ2v) is 6.81. The zero-order valence-corrected chi connectivity index (χ0v) is 14.9. The van der Waals surface area contributed by atoms with E-state index in [9.17, 15) is 39.5 Å². The van der Waals surface area contributed by atoms with Crippen LogP contribution in [-0.2, 0) is 30.4 Å². The minimum Gasteiger partial charge on any atom is -0.741 e. The molecule has 0 N–H and O–H groups in total. The summed E-state index contributed by atoms with van der Waals surface area (Å²) in [5.74, 6) is 0. The fourth-order valence-corrected chi connectivity index (χ4v) is 0. The van der Waals surface area contributed by atoms with Crippen molar-refractivity contribution in [3.8, 4) is 0 Å². The fraction of sp³-hybridized carbons (Fsp3) is 1.00. The van der Waals surface area contributed by atoms with E-state index in [2.05, 4.69) is 0 Å². The maximum Gasteiger partial charge on any atom is 3.00 e. The van der Waals surface area contributed by atoms with Gasteiger partial charge in [-0.2, -0.15) is 39.5 Å². The van der Waals surface area contributed by atoms with Crippen LogP contribution in [0, 0.1) is 39.9 Å². The van der Waals surface area contributed by atoms with Gasteiger partial charge in [-0.1, -0.05) is 0 Å². The zero-order valence-electron chi connectivity index (χ0n) is 10.2. The Morgan fingerprint density at radius 2 is 0.480 bits per heavy atom. The predicted octanol–water partition coefficient (Wildman–Crippen LogP) is 0.154. The molecule has 0 aromatic carbocycles. The first-order valence-electron chi connectivity index (χ1n) is 3.81. The van der Waals surface area contributed by atoms with Gasteiger partial charge in [0.25, 0.3) is 0 Å². The van der Waals surface area contributed by atoms with E-state index in [1.165, 1.54) is 0 Å². The molecule has 0 aliphatic heterocycles. The van der Waals surface area contributed by atoms with Crippen LogP contribution in [-0.4, -0.2) is 55.4 Å². The maximum absolute atomic E-state index is 10.7. The summed E-state index contributed by atoms with van der Waals surface area (Å²) in [6.07, 6.45) is 0. The van der Waals surface area contributed by atoms with E-state index >= 15 is 0 Å². The number of hydrogen-bond donors (Lipinski definition) is 0. The molecule has 0 amide bonds. The third-order valence-electron chi connectivity index (χ3n) is 0.850. The SMILES string of the molecule is O=S(=O)([O-])C(F)(F)F.O=S(=O)([O-])C(F)(F)F.O=S(=O)([O-])C(F)(F)F.[Gd+3]. The average Bonchev–Trinajstić information content (AvgIpc) is 2.08. The normalized spacial score (nSPS) is 13.4. The zero-order chi connectivity index (χ0) is 21.0. The molecule has 9 nitrogen and oxygen atoms in total. The van der Waals surface area contributed by atoms with Gasteiger partial charge in [-0.3, -0.25) is 0 Å². The molecule has 0 heterocycles. The molecule has 25 heavy (non-hydrogen) atoms. The van der Waals surface area contributed by atoms with Gasteiger partial charge in [0, 0.05) is 0 Å². The van der Waals surface area contributed by atoms with E-state index in [0.29, 0.717) is 0 Å². The first kappa shape index (κ1) is 33.0. The third kappa shape index (κ3) is 16.3. The Bertz CT molecular complexity index is 596. The first-order valence-corrected chi connectivity index (χ1v) is 8.04. The van der Waals surface area contributed by atoms with Gasteiger partial charge in [0.2, 0.25) is 0 Å². The number of hydrogen-bond acceptors (Lipinski definition) is 9. The summed E-state index contributed by atoms with van der Waals surface area (Å²) in [7, 11) is -18.3. The largest absolute Gasteiger partial charge is 3.00 e. The van der Waals surface area contributed by atoms with Crippen molar-refractivity contribution in [2.24, 2.45) is 0 Å². The Morgan fingerprint density at radius 1 is 0.440 bits per heavy atom. The van der Waals surface area contributed by atoms with Crippen LogP contribution in [0.5, 0.6) is 0 Å². The standard InChI is InChI=1S/3CHF3O3S.Gd/c3*2-1(3,4)8(5,6)7;/h3*(H,5,6,7);/q;;;+3/p-3. The second-order valence-electron chi connectivity index (χ2n) is 2.70. The predicted molar refractivity (Wildman–Crippen MR) is 47.3 cm³/mol. The Labute approximate surface area is 164 Å². The Hall–Kier alpha value is 0.425. The smallest absolute Gasteiger partial charge is 0.741 e. The molecule has 0 saturated heterocycles. The van der Waals surface area contributed by atoms with Crippen molar-refractivity contribution in [3.63, 3.8) is 0 Å². The minimum atomic E-state index is -6.09. The van der Waals surface area contributed by atoms with Gasteiger partial charge in [0.1, 0.15) is 0 Å². The first-order chi connectivity index (χ1) is 9.75. The van der Waals surface area contributed by atoms with Gasteiger partial charge in [0.05, 0.1) is 0 Å². The van der Waals surface area contributed by atoms with Crippen LogP contribution < -0.4 is 0 Å². The van der Waals surface area contributed by atoms with Crippen molar-refractivity contribution in [3.05, 3.63) is 0 Å². The maximum atomic E-state index is 10.7. The Balaban J connectivity index is -0.000000130.